The van der Waals surface area contributed by atoms with Crippen molar-refractivity contribution in [1.82, 2.24) is 10.2 Å². The lowest BCUT2D eigenvalue weighted by molar-refractivity contribution is -0.129. The third-order valence-corrected chi connectivity index (χ3v) is 3.06. The predicted octanol–water partition coefficient (Wildman–Crippen LogP) is 0.748. The Balaban J connectivity index is 2.16. The van der Waals surface area contributed by atoms with E-state index >= 15 is 0 Å². The van der Waals surface area contributed by atoms with Crippen LogP contribution in [-0.2, 0) is 4.79 Å². The number of likely N-dealkylation sites (N-methyl/N-ethyl adjacent to an activating group) is 1. The van der Waals surface area contributed by atoms with E-state index in [0.717, 1.165) is 25.7 Å². The summed E-state index contributed by atoms with van der Waals surface area (Å²) < 4.78 is 0. The molecule has 0 spiro atoms. The maximum atomic E-state index is 11.6. The lowest BCUT2D eigenvalue weighted by Crippen LogP contribution is -2.43. The van der Waals surface area contributed by atoms with E-state index < -0.39 is 5.60 Å². The molecule has 0 aromatic carbocycles. The highest BCUT2D eigenvalue weighted by molar-refractivity contribution is 5.78. The second kappa shape index (κ2) is 5.64. The molecule has 4 heteroatoms. The van der Waals surface area contributed by atoms with Crippen LogP contribution in [0.15, 0.2) is 0 Å². The van der Waals surface area contributed by atoms with Gasteiger partial charge in [0.15, 0.2) is 0 Å². The van der Waals surface area contributed by atoms with Crippen LogP contribution in [-0.4, -0.2) is 47.7 Å². The van der Waals surface area contributed by atoms with E-state index in [0.29, 0.717) is 19.1 Å². The number of hydrogen-bond acceptors (Lipinski definition) is 3. The monoisotopic (exact) mass is 228 g/mol. The van der Waals surface area contributed by atoms with Gasteiger partial charge in [-0.2, -0.15) is 0 Å². The number of carbonyl (C=O) groups excluding carboxylic acids is 1. The summed E-state index contributed by atoms with van der Waals surface area (Å²) in [6.07, 6.45) is 3.98. The molecule has 2 N–H and O–H groups in total. The van der Waals surface area contributed by atoms with Crippen molar-refractivity contribution in [3.8, 4) is 0 Å². The van der Waals surface area contributed by atoms with Gasteiger partial charge in [0, 0.05) is 19.6 Å². The van der Waals surface area contributed by atoms with Crippen molar-refractivity contribution < 1.29 is 9.90 Å². The first kappa shape index (κ1) is 13.5. The maximum absolute atomic E-state index is 11.6. The lowest BCUT2D eigenvalue weighted by Gasteiger charge is -2.24. The Hall–Kier alpha value is -0.610. The number of amides is 1. The fourth-order valence-electron chi connectivity index (χ4n) is 1.86. The first-order chi connectivity index (χ1) is 7.46. The number of hydrogen-bond donors (Lipinski definition) is 2. The summed E-state index contributed by atoms with van der Waals surface area (Å²) in [5, 5.41) is 12.9. The first-order valence-electron chi connectivity index (χ1n) is 6.15. The minimum atomic E-state index is -0.701. The molecule has 1 aliphatic rings. The molecule has 0 radical (unpaired) electrons. The molecular weight excluding hydrogens is 204 g/mol. The molecule has 0 aromatic heterocycles. The summed E-state index contributed by atoms with van der Waals surface area (Å²) in [7, 11) is 1.85. The van der Waals surface area contributed by atoms with Crippen molar-refractivity contribution >= 4 is 5.91 Å². The molecule has 94 valence electrons. The van der Waals surface area contributed by atoms with Crippen LogP contribution in [0.2, 0.25) is 0 Å². The van der Waals surface area contributed by atoms with Gasteiger partial charge in [-0.15, -0.1) is 0 Å². The zero-order valence-electron chi connectivity index (χ0n) is 10.6. The van der Waals surface area contributed by atoms with E-state index in [1.54, 1.807) is 6.92 Å². The predicted molar refractivity (Wildman–Crippen MR) is 64.2 cm³/mol. The second-order valence-corrected chi connectivity index (χ2v) is 5.09. The molecular formula is C12H24N2O2. The Kier molecular flexibility index (Phi) is 4.74. The van der Waals surface area contributed by atoms with Crippen LogP contribution >= 0.6 is 0 Å². The number of aliphatic hydroxyl groups is 1. The number of rotatable bonds is 7. The minimum absolute atomic E-state index is 0.120. The summed E-state index contributed by atoms with van der Waals surface area (Å²) in [5.41, 5.74) is -0.701. The number of carbonyl (C=O) groups is 1. The average Bonchev–Trinajstić information content (AvgIpc) is 2.99. The SMILES string of the molecule is CCCC(C)(O)CNCC(=O)N(C)C1CC1. The quantitative estimate of drug-likeness (QED) is 0.676. The highest BCUT2D eigenvalue weighted by Crippen LogP contribution is 2.25. The zero-order valence-corrected chi connectivity index (χ0v) is 10.6. The molecule has 1 aliphatic carbocycles. The van der Waals surface area contributed by atoms with Gasteiger partial charge in [-0.3, -0.25) is 4.79 Å². The largest absolute Gasteiger partial charge is 0.389 e. The lowest BCUT2D eigenvalue weighted by atomic mass is 10.0. The van der Waals surface area contributed by atoms with Gasteiger partial charge in [0.05, 0.1) is 12.1 Å². The Bertz CT molecular complexity index is 237. The Morgan fingerprint density at radius 1 is 1.56 bits per heavy atom. The summed E-state index contributed by atoms with van der Waals surface area (Å²) in [6.45, 7) is 4.65. The van der Waals surface area contributed by atoms with E-state index in [1.165, 1.54) is 0 Å². The molecule has 0 heterocycles. The third-order valence-electron chi connectivity index (χ3n) is 3.06. The molecule has 1 unspecified atom stereocenters. The van der Waals surface area contributed by atoms with Crippen molar-refractivity contribution in [2.45, 2.75) is 51.2 Å². The molecule has 1 atom stereocenters. The van der Waals surface area contributed by atoms with E-state index in [1.807, 2.05) is 18.9 Å². The van der Waals surface area contributed by atoms with Crippen LogP contribution in [0.25, 0.3) is 0 Å². The molecule has 1 fully saturated rings. The molecule has 16 heavy (non-hydrogen) atoms. The molecule has 0 bridgehead atoms. The maximum Gasteiger partial charge on any atom is 0.236 e. The Morgan fingerprint density at radius 2 is 2.19 bits per heavy atom. The molecule has 1 amide bonds. The van der Waals surface area contributed by atoms with Crippen LogP contribution in [0, 0.1) is 0 Å². The zero-order chi connectivity index (χ0) is 12.2. The van der Waals surface area contributed by atoms with Crippen LogP contribution in [0.5, 0.6) is 0 Å². The van der Waals surface area contributed by atoms with E-state index in [4.69, 9.17) is 0 Å². The highest BCUT2D eigenvalue weighted by atomic mass is 16.3. The highest BCUT2D eigenvalue weighted by Gasteiger charge is 2.29. The molecule has 1 saturated carbocycles. The van der Waals surface area contributed by atoms with Gasteiger partial charge in [0.25, 0.3) is 0 Å². The van der Waals surface area contributed by atoms with Gasteiger partial charge in [-0.25, -0.2) is 0 Å². The first-order valence-corrected chi connectivity index (χ1v) is 6.15. The van der Waals surface area contributed by atoms with Crippen molar-refractivity contribution in [3.05, 3.63) is 0 Å². The third kappa shape index (κ3) is 4.49. The van der Waals surface area contributed by atoms with Crippen molar-refractivity contribution in [2.75, 3.05) is 20.1 Å². The van der Waals surface area contributed by atoms with Crippen molar-refractivity contribution in [3.63, 3.8) is 0 Å². The fourth-order valence-corrected chi connectivity index (χ4v) is 1.86. The number of nitrogens with one attached hydrogen (secondary N) is 1. The summed E-state index contributed by atoms with van der Waals surface area (Å²) in [4.78, 5) is 13.5. The standard InChI is InChI=1S/C12H24N2O2/c1-4-7-12(2,16)9-13-8-11(15)14(3)10-5-6-10/h10,13,16H,4-9H2,1-3H3. The normalized spacial score (nSPS) is 19.2. The smallest absolute Gasteiger partial charge is 0.236 e. The van der Waals surface area contributed by atoms with Crippen LogP contribution < -0.4 is 5.32 Å². The topological polar surface area (TPSA) is 52.6 Å². The van der Waals surface area contributed by atoms with Gasteiger partial charge in [-0.05, 0) is 26.2 Å². The average molecular weight is 228 g/mol. The minimum Gasteiger partial charge on any atom is -0.389 e. The summed E-state index contributed by atoms with van der Waals surface area (Å²) in [6, 6.07) is 0.463. The van der Waals surface area contributed by atoms with Gasteiger partial charge in [0.2, 0.25) is 5.91 Å². The Morgan fingerprint density at radius 3 is 2.69 bits per heavy atom. The molecule has 0 aromatic rings. The van der Waals surface area contributed by atoms with Gasteiger partial charge in [-0.1, -0.05) is 13.3 Å². The van der Waals surface area contributed by atoms with Crippen molar-refractivity contribution in [2.24, 2.45) is 0 Å². The van der Waals surface area contributed by atoms with E-state index in [-0.39, 0.29) is 5.91 Å². The molecule has 0 saturated heterocycles. The van der Waals surface area contributed by atoms with Gasteiger partial charge >= 0.3 is 0 Å². The Labute approximate surface area is 98.0 Å². The van der Waals surface area contributed by atoms with Gasteiger partial charge in [0.1, 0.15) is 0 Å². The summed E-state index contributed by atoms with van der Waals surface area (Å²) >= 11 is 0. The second-order valence-electron chi connectivity index (χ2n) is 5.09. The van der Waals surface area contributed by atoms with Crippen molar-refractivity contribution in [1.29, 1.82) is 0 Å². The fraction of sp³-hybridized carbons (Fsp3) is 0.917. The molecule has 1 rings (SSSR count). The van der Waals surface area contributed by atoms with Crippen LogP contribution in [0.4, 0.5) is 0 Å². The number of nitrogens with zero attached hydrogens (tertiary/aromatic N) is 1. The van der Waals surface area contributed by atoms with Gasteiger partial charge < -0.3 is 15.3 Å². The van der Waals surface area contributed by atoms with E-state index in [2.05, 4.69) is 5.32 Å². The van der Waals surface area contributed by atoms with Crippen LogP contribution in [0.3, 0.4) is 0 Å². The van der Waals surface area contributed by atoms with Crippen LogP contribution in [0.1, 0.15) is 39.5 Å². The summed E-state index contributed by atoms with van der Waals surface area (Å²) in [5.74, 6) is 0.120. The molecule has 0 aliphatic heterocycles. The van der Waals surface area contributed by atoms with E-state index in [9.17, 15) is 9.90 Å². The molecule has 4 nitrogen and oxygen atoms in total.